The van der Waals surface area contributed by atoms with Crippen molar-refractivity contribution in [2.24, 2.45) is 0 Å². The third-order valence-corrected chi connectivity index (χ3v) is 3.45. The summed E-state index contributed by atoms with van der Waals surface area (Å²) in [6.07, 6.45) is -0.301. The van der Waals surface area contributed by atoms with Crippen LogP contribution in [-0.4, -0.2) is 23.1 Å². The maximum absolute atomic E-state index is 11.7. The van der Waals surface area contributed by atoms with Crippen molar-refractivity contribution in [2.75, 3.05) is 7.11 Å². The molecule has 3 rings (SSSR count). The van der Waals surface area contributed by atoms with Crippen molar-refractivity contribution in [2.45, 2.75) is 19.5 Å². The van der Waals surface area contributed by atoms with Crippen molar-refractivity contribution in [3.63, 3.8) is 0 Å². The SMILES string of the molecule is COC(=O)N1Cc2cc3ccccc3nc2[C@H]1C. The molecule has 1 aliphatic rings. The van der Waals surface area contributed by atoms with E-state index in [0.717, 1.165) is 22.2 Å². The summed E-state index contributed by atoms with van der Waals surface area (Å²) in [4.78, 5) is 18.0. The molecule has 18 heavy (non-hydrogen) atoms. The number of pyridine rings is 1. The Hall–Kier alpha value is -2.10. The minimum atomic E-state index is -0.301. The van der Waals surface area contributed by atoms with Crippen molar-refractivity contribution in [3.8, 4) is 0 Å². The average molecular weight is 242 g/mol. The minimum absolute atomic E-state index is 0.0305. The second-order valence-corrected chi connectivity index (χ2v) is 4.50. The predicted octanol–water partition coefficient (Wildman–Crippen LogP) is 2.88. The van der Waals surface area contributed by atoms with Gasteiger partial charge in [-0.2, -0.15) is 0 Å². The normalized spacial score (nSPS) is 17.9. The summed E-state index contributed by atoms with van der Waals surface area (Å²) in [5.74, 6) is 0. The molecule has 1 aliphatic heterocycles. The Morgan fingerprint density at radius 3 is 3.00 bits per heavy atom. The van der Waals surface area contributed by atoms with E-state index in [-0.39, 0.29) is 12.1 Å². The fourth-order valence-electron chi connectivity index (χ4n) is 2.47. The Balaban J connectivity index is 2.09. The van der Waals surface area contributed by atoms with Gasteiger partial charge in [-0.1, -0.05) is 18.2 Å². The van der Waals surface area contributed by atoms with Gasteiger partial charge in [-0.25, -0.2) is 4.79 Å². The first kappa shape index (κ1) is 11.0. The van der Waals surface area contributed by atoms with Crippen molar-refractivity contribution in [1.29, 1.82) is 0 Å². The number of benzene rings is 1. The average Bonchev–Trinajstić information content (AvgIpc) is 2.72. The quantitative estimate of drug-likeness (QED) is 0.713. The molecular formula is C14H14N2O2. The maximum atomic E-state index is 11.7. The van der Waals surface area contributed by atoms with E-state index in [4.69, 9.17) is 4.74 Å². The zero-order chi connectivity index (χ0) is 12.7. The maximum Gasteiger partial charge on any atom is 0.410 e. The van der Waals surface area contributed by atoms with Gasteiger partial charge in [0.15, 0.2) is 0 Å². The third-order valence-electron chi connectivity index (χ3n) is 3.45. The van der Waals surface area contributed by atoms with Crippen LogP contribution >= 0.6 is 0 Å². The van der Waals surface area contributed by atoms with Gasteiger partial charge in [0, 0.05) is 5.39 Å². The lowest BCUT2D eigenvalue weighted by atomic mass is 10.1. The second kappa shape index (κ2) is 3.98. The van der Waals surface area contributed by atoms with Crippen LogP contribution in [0.3, 0.4) is 0 Å². The number of rotatable bonds is 0. The van der Waals surface area contributed by atoms with E-state index in [1.54, 1.807) is 4.90 Å². The third kappa shape index (κ3) is 1.53. The molecule has 1 aromatic heterocycles. The van der Waals surface area contributed by atoms with Gasteiger partial charge in [0.2, 0.25) is 0 Å². The van der Waals surface area contributed by atoms with E-state index < -0.39 is 0 Å². The fourth-order valence-corrected chi connectivity index (χ4v) is 2.47. The number of aromatic nitrogens is 1. The second-order valence-electron chi connectivity index (χ2n) is 4.50. The summed E-state index contributed by atoms with van der Waals surface area (Å²) < 4.78 is 4.79. The Bertz CT molecular complexity index is 624. The summed E-state index contributed by atoms with van der Waals surface area (Å²) in [6, 6.07) is 10.1. The van der Waals surface area contributed by atoms with Crippen LogP contribution in [0.5, 0.6) is 0 Å². The molecule has 1 atom stereocenters. The molecule has 0 saturated carbocycles. The van der Waals surface area contributed by atoms with Gasteiger partial charge in [0.1, 0.15) is 0 Å². The molecule has 4 nitrogen and oxygen atoms in total. The van der Waals surface area contributed by atoms with Crippen molar-refractivity contribution >= 4 is 17.0 Å². The van der Waals surface area contributed by atoms with Crippen LogP contribution in [0.2, 0.25) is 0 Å². The predicted molar refractivity (Wildman–Crippen MR) is 68.1 cm³/mol. The monoisotopic (exact) mass is 242 g/mol. The van der Waals surface area contributed by atoms with Gasteiger partial charge in [-0.15, -0.1) is 0 Å². The van der Waals surface area contributed by atoms with E-state index in [1.807, 2.05) is 31.2 Å². The minimum Gasteiger partial charge on any atom is -0.453 e. The first-order valence-corrected chi connectivity index (χ1v) is 5.94. The molecule has 0 unspecified atom stereocenters. The number of hydrogen-bond acceptors (Lipinski definition) is 3. The molecule has 1 aromatic carbocycles. The molecular weight excluding hydrogens is 228 g/mol. The highest BCUT2D eigenvalue weighted by Crippen LogP contribution is 2.34. The van der Waals surface area contributed by atoms with E-state index in [9.17, 15) is 4.79 Å². The van der Waals surface area contributed by atoms with Crippen LogP contribution in [0.15, 0.2) is 30.3 Å². The number of para-hydroxylation sites is 1. The highest BCUT2D eigenvalue weighted by molar-refractivity contribution is 5.80. The van der Waals surface area contributed by atoms with E-state index in [1.165, 1.54) is 7.11 Å². The number of amides is 1. The highest BCUT2D eigenvalue weighted by Gasteiger charge is 2.32. The Morgan fingerprint density at radius 1 is 1.44 bits per heavy atom. The molecule has 0 bridgehead atoms. The van der Waals surface area contributed by atoms with Crippen LogP contribution in [0, 0.1) is 0 Å². The summed E-state index contributed by atoms with van der Waals surface area (Å²) in [5.41, 5.74) is 3.04. The summed E-state index contributed by atoms with van der Waals surface area (Å²) in [6.45, 7) is 2.55. The smallest absolute Gasteiger partial charge is 0.410 e. The van der Waals surface area contributed by atoms with Gasteiger partial charge in [-0.05, 0) is 24.6 Å². The van der Waals surface area contributed by atoms with Crippen LogP contribution in [0.1, 0.15) is 24.2 Å². The van der Waals surface area contributed by atoms with E-state index >= 15 is 0 Å². The number of nitrogens with zero attached hydrogens (tertiary/aromatic N) is 2. The van der Waals surface area contributed by atoms with Crippen molar-refractivity contribution in [1.82, 2.24) is 9.88 Å². The summed E-state index contributed by atoms with van der Waals surface area (Å²) >= 11 is 0. The molecule has 2 heterocycles. The van der Waals surface area contributed by atoms with Crippen molar-refractivity contribution in [3.05, 3.63) is 41.6 Å². The van der Waals surface area contributed by atoms with Gasteiger partial charge in [0.05, 0.1) is 30.9 Å². The molecule has 0 N–H and O–H groups in total. The van der Waals surface area contributed by atoms with Crippen LogP contribution in [-0.2, 0) is 11.3 Å². The molecule has 0 aliphatic carbocycles. The Kier molecular flexibility index (Phi) is 2.44. The number of fused-ring (bicyclic) bond motifs is 2. The van der Waals surface area contributed by atoms with Crippen molar-refractivity contribution < 1.29 is 9.53 Å². The zero-order valence-corrected chi connectivity index (χ0v) is 10.4. The lowest BCUT2D eigenvalue weighted by Gasteiger charge is -2.19. The van der Waals surface area contributed by atoms with Crippen LogP contribution in [0.25, 0.3) is 10.9 Å². The molecule has 92 valence electrons. The lowest BCUT2D eigenvalue weighted by Crippen LogP contribution is -2.27. The molecule has 0 fully saturated rings. The van der Waals surface area contributed by atoms with Gasteiger partial charge in [0.25, 0.3) is 0 Å². The number of methoxy groups -OCH3 is 1. The largest absolute Gasteiger partial charge is 0.453 e. The molecule has 0 saturated heterocycles. The first-order valence-electron chi connectivity index (χ1n) is 5.94. The number of carbonyl (C=O) groups excluding carboxylic acids is 1. The highest BCUT2D eigenvalue weighted by atomic mass is 16.5. The van der Waals surface area contributed by atoms with Crippen LogP contribution < -0.4 is 0 Å². The Morgan fingerprint density at radius 2 is 2.22 bits per heavy atom. The molecule has 2 aromatic rings. The first-order chi connectivity index (χ1) is 8.70. The van der Waals surface area contributed by atoms with Gasteiger partial charge < -0.3 is 4.74 Å². The summed E-state index contributed by atoms with van der Waals surface area (Å²) in [7, 11) is 1.40. The van der Waals surface area contributed by atoms with Gasteiger partial charge >= 0.3 is 6.09 Å². The molecule has 1 amide bonds. The van der Waals surface area contributed by atoms with E-state index in [0.29, 0.717) is 6.54 Å². The molecule has 0 spiro atoms. The fraction of sp³-hybridized carbons (Fsp3) is 0.286. The Labute approximate surface area is 105 Å². The number of ether oxygens (including phenoxy) is 1. The van der Waals surface area contributed by atoms with Crippen LogP contribution in [0.4, 0.5) is 4.79 Å². The molecule has 0 radical (unpaired) electrons. The number of hydrogen-bond donors (Lipinski definition) is 0. The number of carbonyl (C=O) groups is 1. The lowest BCUT2D eigenvalue weighted by molar-refractivity contribution is 0.111. The zero-order valence-electron chi connectivity index (χ0n) is 10.4. The summed E-state index contributed by atoms with van der Waals surface area (Å²) in [5, 5.41) is 1.11. The molecule has 4 heteroatoms. The standard InChI is InChI=1S/C14H14N2O2/c1-9-13-11(8-16(9)14(17)18-2)7-10-5-3-4-6-12(10)15-13/h3-7,9H,8H2,1-2H3/t9-/m1/s1. The topological polar surface area (TPSA) is 42.4 Å². The van der Waals surface area contributed by atoms with Gasteiger partial charge in [-0.3, -0.25) is 9.88 Å². The van der Waals surface area contributed by atoms with E-state index in [2.05, 4.69) is 11.1 Å².